The Morgan fingerprint density at radius 3 is 2.81 bits per heavy atom. The van der Waals surface area contributed by atoms with E-state index in [2.05, 4.69) is 29.1 Å². The molecule has 2 heterocycles. The summed E-state index contributed by atoms with van der Waals surface area (Å²) in [6.07, 6.45) is 2.35. The standard InChI is InChI=1S/C13H20N2O/c1-11-4-3-5-13(14-11)15(2)10-12-6-8-16-9-7-12/h3-5,12H,6-10H2,1-2H3. The summed E-state index contributed by atoms with van der Waals surface area (Å²) < 4.78 is 5.37. The van der Waals surface area contributed by atoms with Crippen LogP contribution in [0.4, 0.5) is 5.82 Å². The maximum absolute atomic E-state index is 5.37. The van der Waals surface area contributed by atoms with E-state index < -0.39 is 0 Å². The van der Waals surface area contributed by atoms with Gasteiger partial charge in [0.2, 0.25) is 0 Å². The third kappa shape index (κ3) is 2.95. The fourth-order valence-corrected chi connectivity index (χ4v) is 2.15. The molecule has 0 radical (unpaired) electrons. The van der Waals surface area contributed by atoms with Crippen LogP contribution in [-0.2, 0) is 4.74 Å². The monoisotopic (exact) mass is 220 g/mol. The Kier molecular flexibility index (Phi) is 3.78. The van der Waals surface area contributed by atoms with E-state index in [1.54, 1.807) is 0 Å². The number of rotatable bonds is 3. The molecule has 0 spiro atoms. The fraction of sp³-hybridized carbons (Fsp3) is 0.615. The van der Waals surface area contributed by atoms with Crippen molar-refractivity contribution in [2.75, 3.05) is 31.7 Å². The zero-order valence-electron chi connectivity index (χ0n) is 10.1. The highest BCUT2D eigenvalue weighted by Gasteiger charge is 2.16. The molecule has 1 aliphatic rings. The van der Waals surface area contributed by atoms with Crippen molar-refractivity contribution in [2.24, 2.45) is 5.92 Å². The number of hydrogen-bond acceptors (Lipinski definition) is 3. The zero-order chi connectivity index (χ0) is 11.4. The van der Waals surface area contributed by atoms with Crippen LogP contribution in [0.25, 0.3) is 0 Å². The van der Waals surface area contributed by atoms with Gasteiger partial charge in [0.25, 0.3) is 0 Å². The Morgan fingerprint density at radius 1 is 1.38 bits per heavy atom. The largest absolute Gasteiger partial charge is 0.381 e. The lowest BCUT2D eigenvalue weighted by Gasteiger charge is -2.27. The Morgan fingerprint density at radius 2 is 2.12 bits per heavy atom. The third-order valence-corrected chi connectivity index (χ3v) is 3.14. The molecule has 0 bridgehead atoms. The average molecular weight is 220 g/mol. The second-order valence-corrected chi connectivity index (χ2v) is 4.57. The van der Waals surface area contributed by atoms with E-state index in [-0.39, 0.29) is 0 Å². The molecule has 3 nitrogen and oxygen atoms in total. The van der Waals surface area contributed by atoms with Gasteiger partial charge in [-0.2, -0.15) is 0 Å². The molecule has 1 fully saturated rings. The van der Waals surface area contributed by atoms with E-state index in [1.807, 2.05) is 13.0 Å². The van der Waals surface area contributed by atoms with Gasteiger partial charge in [-0.05, 0) is 37.8 Å². The summed E-state index contributed by atoms with van der Waals surface area (Å²) in [6.45, 7) is 4.95. The fourth-order valence-electron chi connectivity index (χ4n) is 2.15. The Hall–Kier alpha value is -1.09. The summed E-state index contributed by atoms with van der Waals surface area (Å²) in [5, 5.41) is 0. The van der Waals surface area contributed by atoms with E-state index >= 15 is 0 Å². The van der Waals surface area contributed by atoms with Crippen LogP contribution in [-0.4, -0.2) is 31.8 Å². The summed E-state index contributed by atoms with van der Waals surface area (Å²) in [7, 11) is 2.12. The first-order valence-electron chi connectivity index (χ1n) is 5.98. The lowest BCUT2D eigenvalue weighted by molar-refractivity contribution is 0.0685. The SMILES string of the molecule is Cc1cccc(N(C)CC2CCOCC2)n1. The Bertz CT molecular complexity index is 334. The topological polar surface area (TPSA) is 25.4 Å². The van der Waals surface area contributed by atoms with Gasteiger partial charge >= 0.3 is 0 Å². The summed E-state index contributed by atoms with van der Waals surface area (Å²) >= 11 is 0. The summed E-state index contributed by atoms with van der Waals surface area (Å²) in [4.78, 5) is 6.79. The molecule has 3 heteroatoms. The summed E-state index contributed by atoms with van der Waals surface area (Å²) in [6, 6.07) is 6.18. The van der Waals surface area contributed by atoms with E-state index in [9.17, 15) is 0 Å². The number of nitrogens with zero attached hydrogens (tertiary/aromatic N) is 2. The highest BCUT2D eigenvalue weighted by molar-refractivity contribution is 5.38. The number of aromatic nitrogens is 1. The van der Waals surface area contributed by atoms with Crippen LogP contribution in [0.3, 0.4) is 0 Å². The minimum atomic E-state index is 0.751. The molecule has 16 heavy (non-hydrogen) atoms. The summed E-state index contributed by atoms with van der Waals surface area (Å²) in [5.74, 6) is 1.83. The molecule has 0 unspecified atom stereocenters. The molecular formula is C13H20N2O. The van der Waals surface area contributed by atoms with Crippen molar-refractivity contribution in [2.45, 2.75) is 19.8 Å². The van der Waals surface area contributed by atoms with Gasteiger partial charge in [-0.3, -0.25) is 0 Å². The molecule has 1 aromatic rings. The van der Waals surface area contributed by atoms with Crippen LogP contribution in [0.5, 0.6) is 0 Å². The number of hydrogen-bond donors (Lipinski definition) is 0. The number of pyridine rings is 1. The van der Waals surface area contributed by atoms with Crippen molar-refractivity contribution in [3.8, 4) is 0 Å². The molecule has 88 valence electrons. The average Bonchev–Trinajstić information content (AvgIpc) is 2.30. The van der Waals surface area contributed by atoms with Gasteiger partial charge in [-0.1, -0.05) is 6.07 Å². The second kappa shape index (κ2) is 5.30. The van der Waals surface area contributed by atoms with E-state index in [0.717, 1.165) is 37.2 Å². The first kappa shape index (κ1) is 11.4. The number of anilines is 1. The summed E-state index contributed by atoms with van der Waals surface area (Å²) in [5.41, 5.74) is 1.08. The van der Waals surface area contributed by atoms with Crippen LogP contribution in [0.2, 0.25) is 0 Å². The zero-order valence-corrected chi connectivity index (χ0v) is 10.1. The molecule has 1 saturated heterocycles. The Labute approximate surface area is 97.4 Å². The van der Waals surface area contributed by atoms with Gasteiger partial charge in [-0.25, -0.2) is 4.98 Å². The van der Waals surface area contributed by atoms with Crippen LogP contribution >= 0.6 is 0 Å². The predicted octanol–water partition coefficient (Wildman–Crippen LogP) is 2.25. The van der Waals surface area contributed by atoms with Gasteiger partial charge in [0.1, 0.15) is 5.82 Å². The Balaban J connectivity index is 1.94. The smallest absolute Gasteiger partial charge is 0.128 e. The van der Waals surface area contributed by atoms with E-state index in [4.69, 9.17) is 4.74 Å². The van der Waals surface area contributed by atoms with Crippen molar-refractivity contribution in [3.63, 3.8) is 0 Å². The van der Waals surface area contributed by atoms with E-state index in [0.29, 0.717) is 0 Å². The molecule has 0 atom stereocenters. The van der Waals surface area contributed by atoms with E-state index in [1.165, 1.54) is 12.8 Å². The molecule has 0 aliphatic carbocycles. The van der Waals surface area contributed by atoms with Crippen LogP contribution in [0.1, 0.15) is 18.5 Å². The third-order valence-electron chi connectivity index (χ3n) is 3.14. The normalized spacial score (nSPS) is 17.4. The quantitative estimate of drug-likeness (QED) is 0.781. The first-order valence-corrected chi connectivity index (χ1v) is 5.98. The first-order chi connectivity index (χ1) is 7.75. The molecule has 0 N–H and O–H groups in total. The number of aryl methyl sites for hydroxylation is 1. The lowest BCUT2D eigenvalue weighted by atomic mass is 10.00. The van der Waals surface area contributed by atoms with Gasteiger partial charge < -0.3 is 9.64 Å². The maximum Gasteiger partial charge on any atom is 0.128 e. The van der Waals surface area contributed by atoms with Crippen molar-refractivity contribution in [3.05, 3.63) is 23.9 Å². The molecule has 0 amide bonds. The van der Waals surface area contributed by atoms with Crippen LogP contribution < -0.4 is 4.90 Å². The van der Waals surface area contributed by atoms with Crippen LogP contribution in [0.15, 0.2) is 18.2 Å². The lowest BCUT2D eigenvalue weighted by Crippen LogP contribution is -2.30. The minimum Gasteiger partial charge on any atom is -0.381 e. The predicted molar refractivity (Wildman–Crippen MR) is 65.8 cm³/mol. The van der Waals surface area contributed by atoms with Crippen molar-refractivity contribution in [1.82, 2.24) is 4.98 Å². The van der Waals surface area contributed by atoms with Crippen molar-refractivity contribution < 1.29 is 4.74 Å². The highest BCUT2D eigenvalue weighted by Crippen LogP contribution is 2.18. The van der Waals surface area contributed by atoms with Gasteiger partial charge in [0.05, 0.1) is 0 Å². The van der Waals surface area contributed by atoms with Gasteiger partial charge in [-0.15, -0.1) is 0 Å². The molecule has 0 saturated carbocycles. The molecular weight excluding hydrogens is 200 g/mol. The van der Waals surface area contributed by atoms with Crippen molar-refractivity contribution >= 4 is 5.82 Å². The molecule has 1 aliphatic heterocycles. The number of ether oxygens (including phenoxy) is 1. The van der Waals surface area contributed by atoms with Crippen LogP contribution in [0, 0.1) is 12.8 Å². The molecule has 0 aromatic carbocycles. The van der Waals surface area contributed by atoms with Gasteiger partial charge in [0, 0.05) is 32.5 Å². The molecule has 2 rings (SSSR count). The maximum atomic E-state index is 5.37. The van der Waals surface area contributed by atoms with Gasteiger partial charge in [0.15, 0.2) is 0 Å². The second-order valence-electron chi connectivity index (χ2n) is 4.57. The minimum absolute atomic E-state index is 0.751. The molecule has 1 aromatic heterocycles. The highest BCUT2D eigenvalue weighted by atomic mass is 16.5. The van der Waals surface area contributed by atoms with Crippen molar-refractivity contribution in [1.29, 1.82) is 0 Å².